The molecule has 0 aliphatic carbocycles. The van der Waals surface area contributed by atoms with Crippen molar-refractivity contribution in [2.45, 2.75) is 13.5 Å². The van der Waals surface area contributed by atoms with Crippen LogP contribution >= 0.6 is 0 Å². The van der Waals surface area contributed by atoms with E-state index < -0.39 is 0 Å². The van der Waals surface area contributed by atoms with Crippen LogP contribution in [0.3, 0.4) is 0 Å². The molecule has 3 N–H and O–H groups in total. The van der Waals surface area contributed by atoms with Crippen LogP contribution in [0.1, 0.15) is 12.6 Å². The van der Waals surface area contributed by atoms with E-state index in [1.807, 2.05) is 25.3 Å². The first-order valence-electron chi connectivity index (χ1n) is 5.44. The van der Waals surface area contributed by atoms with Gasteiger partial charge in [-0.25, -0.2) is 0 Å². The van der Waals surface area contributed by atoms with Gasteiger partial charge in [-0.15, -0.1) is 0 Å². The lowest BCUT2D eigenvalue weighted by molar-refractivity contribution is 0.340. The van der Waals surface area contributed by atoms with Crippen LogP contribution in [0.5, 0.6) is 5.75 Å². The van der Waals surface area contributed by atoms with Crippen LogP contribution in [-0.2, 0) is 6.54 Å². The van der Waals surface area contributed by atoms with Gasteiger partial charge in [0.05, 0.1) is 6.61 Å². The fourth-order valence-corrected chi connectivity index (χ4v) is 1.64. The van der Waals surface area contributed by atoms with Crippen LogP contribution in [0.25, 0.3) is 11.1 Å². The Kier molecular flexibility index (Phi) is 3.27. The summed E-state index contributed by atoms with van der Waals surface area (Å²) in [6.07, 6.45) is 1.97. The van der Waals surface area contributed by atoms with E-state index in [0.717, 1.165) is 17.0 Å². The molecule has 3 heteroatoms. The molecule has 0 fully saturated rings. The van der Waals surface area contributed by atoms with E-state index in [9.17, 15) is 0 Å². The Morgan fingerprint density at radius 1 is 1.19 bits per heavy atom. The van der Waals surface area contributed by atoms with Gasteiger partial charge in [-0.3, -0.25) is 0 Å². The van der Waals surface area contributed by atoms with Crippen molar-refractivity contribution >= 4 is 0 Å². The Balaban J connectivity index is 2.20. The third-order valence-electron chi connectivity index (χ3n) is 2.46. The van der Waals surface area contributed by atoms with E-state index in [-0.39, 0.29) is 0 Å². The summed E-state index contributed by atoms with van der Waals surface area (Å²) >= 11 is 0. The second-order valence-electron chi connectivity index (χ2n) is 3.58. The Morgan fingerprint density at radius 3 is 2.50 bits per heavy atom. The van der Waals surface area contributed by atoms with Crippen LogP contribution in [0.15, 0.2) is 36.5 Å². The predicted molar refractivity (Wildman–Crippen MR) is 65.3 cm³/mol. The molecular weight excluding hydrogens is 200 g/mol. The predicted octanol–water partition coefficient (Wildman–Crippen LogP) is 2.54. The van der Waals surface area contributed by atoms with Crippen molar-refractivity contribution in [3.8, 4) is 16.9 Å². The molecule has 1 heterocycles. The molecule has 0 amide bonds. The number of hydrogen-bond acceptors (Lipinski definition) is 2. The summed E-state index contributed by atoms with van der Waals surface area (Å²) in [5, 5.41) is 0. The smallest absolute Gasteiger partial charge is 0.119 e. The standard InChI is InChI=1S/C13H16N2O/c1-2-16-13-5-3-10(4-6-13)11-7-12(8-14)15-9-11/h3-7,9,15H,2,8,14H2,1H3. The fourth-order valence-electron chi connectivity index (χ4n) is 1.64. The van der Waals surface area contributed by atoms with Gasteiger partial charge in [-0.1, -0.05) is 12.1 Å². The Hall–Kier alpha value is -1.74. The molecule has 0 aliphatic rings. The highest BCUT2D eigenvalue weighted by Crippen LogP contribution is 2.22. The maximum atomic E-state index is 5.55. The van der Waals surface area contributed by atoms with Gasteiger partial charge >= 0.3 is 0 Å². The number of nitrogens with one attached hydrogen (secondary N) is 1. The molecule has 0 atom stereocenters. The van der Waals surface area contributed by atoms with Crippen LogP contribution in [0.4, 0.5) is 0 Å². The van der Waals surface area contributed by atoms with E-state index in [0.29, 0.717) is 13.2 Å². The molecule has 16 heavy (non-hydrogen) atoms. The first-order valence-corrected chi connectivity index (χ1v) is 5.44. The zero-order chi connectivity index (χ0) is 11.4. The number of rotatable bonds is 4. The highest BCUT2D eigenvalue weighted by Gasteiger charge is 2.01. The molecule has 0 radical (unpaired) electrons. The topological polar surface area (TPSA) is 51.0 Å². The lowest BCUT2D eigenvalue weighted by atomic mass is 10.1. The number of aromatic nitrogens is 1. The molecule has 84 valence electrons. The molecule has 1 aromatic carbocycles. The molecule has 0 saturated carbocycles. The largest absolute Gasteiger partial charge is 0.494 e. The summed E-state index contributed by atoms with van der Waals surface area (Å²) in [4.78, 5) is 3.14. The summed E-state index contributed by atoms with van der Waals surface area (Å²) in [5.74, 6) is 0.904. The summed E-state index contributed by atoms with van der Waals surface area (Å²) < 4.78 is 5.40. The molecule has 0 unspecified atom stereocenters. The molecule has 2 aromatic rings. The van der Waals surface area contributed by atoms with Gasteiger partial charge in [0.2, 0.25) is 0 Å². The lowest BCUT2D eigenvalue weighted by Gasteiger charge is -2.03. The van der Waals surface area contributed by atoms with Gasteiger partial charge in [-0.05, 0) is 36.2 Å². The maximum Gasteiger partial charge on any atom is 0.119 e. The van der Waals surface area contributed by atoms with Crippen molar-refractivity contribution in [2.24, 2.45) is 5.73 Å². The van der Waals surface area contributed by atoms with Gasteiger partial charge in [0.25, 0.3) is 0 Å². The minimum atomic E-state index is 0.539. The van der Waals surface area contributed by atoms with Crippen LogP contribution in [0.2, 0.25) is 0 Å². The van der Waals surface area contributed by atoms with E-state index in [2.05, 4.69) is 23.2 Å². The summed E-state index contributed by atoms with van der Waals surface area (Å²) in [5.41, 5.74) is 8.92. The monoisotopic (exact) mass is 216 g/mol. The van der Waals surface area contributed by atoms with Gasteiger partial charge in [-0.2, -0.15) is 0 Å². The van der Waals surface area contributed by atoms with E-state index >= 15 is 0 Å². The van der Waals surface area contributed by atoms with Gasteiger partial charge in [0.15, 0.2) is 0 Å². The Bertz CT molecular complexity index is 445. The minimum Gasteiger partial charge on any atom is -0.494 e. The van der Waals surface area contributed by atoms with Crippen molar-refractivity contribution in [3.63, 3.8) is 0 Å². The quantitative estimate of drug-likeness (QED) is 0.825. The number of aromatic amines is 1. The summed E-state index contributed by atoms with van der Waals surface area (Å²) in [7, 11) is 0. The molecule has 0 aliphatic heterocycles. The Labute approximate surface area is 95.2 Å². The average Bonchev–Trinajstić information content (AvgIpc) is 2.79. The first kappa shape index (κ1) is 10.8. The van der Waals surface area contributed by atoms with E-state index in [1.54, 1.807) is 0 Å². The zero-order valence-electron chi connectivity index (χ0n) is 9.36. The lowest BCUT2D eigenvalue weighted by Crippen LogP contribution is -1.94. The molecular formula is C13H16N2O. The highest BCUT2D eigenvalue weighted by molar-refractivity contribution is 5.64. The van der Waals surface area contributed by atoms with Crippen molar-refractivity contribution in [2.75, 3.05) is 6.61 Å². The van der Waals surface area contributed by atoms with Crippen LogP contribution < -0.4 is 10.5 Å². The zero-order valence-corrected chi connectivity index (χ0v) is 9.36. The molecule has 0 saturated heterocycles. The third-order valence-corrected chi connectivity index (χ3v) is 2.46. The van der Waals surface area contributed by atoms with Crippen molar-refractivity contribution in [1.82, 2.24) is 4.98 Å². The van der Waals surface area contributed by atoms with Crippen molar-refractivity contribution < 1.29 is 4.74 Å². The first-order chi connectivity index (χ1) is 7.83. The van der Waals surface area contributed by atoms with Gasteiger partial charge in [0, 0.05) is 18.4 Å². The summed E-state index contributed by atoms with van der Waals surface area (Å²) in [6, 6.07) is 10.1. The van der Waals surface area contributed by atoms with Crippen molar-refractivity contribution in [1.29, 1.82) is 0 Å². The third kappa shape index (κ3) is 2.25. The Morgan fingerprint density at radius 2 is 1.94 bits per heavy atom. The van der Waals surface area contributed by atoms with Crippen LogP contribution in [0, 0.1) is 0 Å². The van der Waals surface area contributed by atoms with Crippen molar-refractivity contribution in [3.05, 3.63) is 42.2 Å². The van der Waals surface area contributed by atoms with Gasteiger partial charge in [0.1, 0.15) is 5.75 Å². The minimum absolute atomic E-state index is 0.539. The molecule has 3 nitrogen and oxygen atoms in total. The van der Waals surface area contributed by atoms with Gasteiger partial charge < -0.3 is 15.5 Å². The number of nitrogens with two attached hydrogens (primary N) is 1. The highest BCUT2D eigenvalue weighted by atomic mass is 16.5. The second-order valence-corrected chi connectivity index (χ2v) is 3.58. The SMILES string of the molecule is CCOc1ccc(-c2c[nH]c(CN)c2)cc1. The molecule has 2 rings (SSSR count). The van der Waals surface area contributed by atoms with E-state index in [4.69, 9.17) is 10.5 Å². The average molecular weight is 216 g/mol. The number of H-pyrrole nitrogens is 1. The number of hydrogen-bond donors (Lipinski definition) is 2. The summed E-state index contributed by atoms with van der Waals surface area (Å²) in [6.45, 7) is 3.21. The van der Waals surface area contributed by atoms with E-state index in [1.165, 1.54) is 5.56 Å². The number of benzene rings is 1. The number of ether oxygens (including phenoxy) is 1. The second kappa shape index (κ2) is 4.86. The molecule has 0 bridgehead atoms. The fraction of sp³-hybridized carbons (Fsp3) is 0.231. The van der Waals surface area contributed by atoms with Crippen LogP contribution in [-0.4, -0.2) is 11.6 Å². The normalized spacial score (nSPS) is 10.4. The maximum absolute atomic E-state index is 5.55. The molecule has 1 aromatic heterocycles. The molecule has 0 spiro atoms.